The first-order valence-corrected chi connectivity index (χ1v) is 13.9. The van der Waals surface area contributed by atoms with E-state index >= 15 is 0 Å². The van der Waals surface area contributed by atoms with Crippen molar-refractivity contribution in [3.63, 3.8) is 0 Å². The number of amides is 2. The van der Waals surface area contributed by atoms with Crippen molar-refractivity contribution < 1.29 is 18.8 Å². The Bertz CT molecular complexity index is 1270. The van der Waals surface area contributed by atoms with Crippen molar-refractivity contribution in [2.75, 3.05) is 12.4 Å². The zero-order valence-electron chi connectivity index (χ0n) is 23.9. The Labute approximate surface area is 234 Å². The SMILES string of the molecule is CN/C(=C\C=C(/C=O)Cn1cc(NC(=O)C(NC(=O)c2ccnn2C(C)C)C(C2CC2)C2CC2)cn1)C(C)(C)F. The lowest BCUT2D eigenvalue weighted by Crippen LogP contribution is -2.50. The number of aromatic nitrogens is 4. The van der Waals surface area contributed by atoms with Gasteiger partial charge in [0.2, 0.25) is 5.91 Å². The van der Waals surface area contributed by atoms with Crippen molar-refractivity contribution >= 4 is 23.8 Å². The number of carbonyl (C=O) groups is 3. The number of aldehydes is 1. The van der Waals surface area contributed by atoms with E-state index in [1.807, 2.05) is 13.8 Å². The number of carbonyl (C=O) groups excluding carboxylic acids is 3. The molecule has 2 aliphatic carbocycles. The fraction of sp³-hybridized carbons (Fsp3) is 0.552. The summed E-state index contributed by atoms with van der Waals surface area (Å²) in [6.07, 6.45) is 12.8. The van der Waals surface area contributed by atoms with Crippen LogP contribution in [0.1, 0.15) is 69.9 Å². The molecule has 11 heteroatoms. The fourth-order valence-electron chi connectivity index (χ4n) is 5.17. The van der Waals surface area contributed by atoms with Crippen LogP contribution in [-0.4, -0.2) is 56.4 Å². The second-order valence-electron chi connectivity index (χ2n) is 11.5. The predicted octanol–water partition coefficient (Wildman–Crippen LogP) is 3.81. The zero-order valence-corrected chi connectivity index (χ0v) is 23.9. The van der Waals surface area contributed by atoms with Gasteiger partial charge in [-0.25, -0.2) is 4.39 Å². The lowest BCUT2D eigenvalue weighted by Gasteiger charge is -2.27. The maximum atomic E-state index is 14.3. The molecule has 2 aromatic heterocycles. The summed E-state index contributed by atoms with van der Waals surface area (Å²) in [5.41, 5.74) is 0.0222. The molecule has 2 heterocycles. The molecule has 0 aromatic carbocycles. The van der Waals surface area contributed by atoms with Gasteiger partial charge in [-0.1, -0.05) is 6.08 Å². The second kappa shape index (κ2) is 12.2. The minimum absolute atomic E-state index is 0.00519. The summed E-state index contributed by atoms with van der Waals surface area (Å²) in [6, 6.07) is 0.982. The molecule has 2 aromatic rings. The topological polar surface area (TPSA) is 123 Å². The third kappa shape index (κ3) is 7.25. The fourth-order valence-corrected chi connectivity index (χ4v) is 5.17. The summed E-state index contributed by atoms with van der Waals surface area (Å²) in [5, 5.41) is 17.3. The molecule has 10 nitrogen and oxygen atoms in total. The van der Waals surface area contributed by atoms with Crippen molar-refractivity contribution in [2.45, 2.75) is 77.7 Å². The molecular formula is C29H40FN7O3. The Morgan fingerprint density at radius 1 is 1.15 bits per heavy atom. The molecule has 216 valence electrons. The normalized spacial score (nSPS) is 17.2. The maximum absolute atomic E-state index is 14.3. The van der Waals surface area contributed by atoms with E-state index in [0.717, 1.165) is 25.7 Å². The molecule has 4 rings (SSSR count). The Morgan fingerprint density at radius 2 is 1.82 bits per heavy atom. The first kappa shape index (κ1) is 29.2. The maximum Gasteiger partial charge on any atom is 0.270 e. The standard InChI is InChI=1S/C29H40FN7O3/c1-18(2)37-23(12-13-32-37)27(39)35-26(25(20-7-8-20)21-9-10-21)28(40)34-22-14-33-36(16-22)15-19(17-38)6-11-24(31-5)29(3,4)30/h6,11-14,16-18,20-21,25-26,31H,7-10,15H2,1-5H3,(H,34,40)(H,35,39)/b19-6-,24-11-. The molecule has 2 amide bonds. The number of hydrogen-bond donors (Lipinski definition) is 3. The smallest absolute Gasteiger partial charge is 0.270 e. The highest BCUT2D eigenvalue weighted by atomic mass is 19.1. The van der Waals surface area contributed by atoms with Gasteiger partial charge in [0.05, 0.1) is 18.4 Å². The third-order valence-corrected chi connectivity index (χ3v) is 7.45. The molecule has 0 radical (unpaired) electrons. The minimum atomic E-state index is -1.58. The molecule has 0 bridgehead atoms. The average molecular weight is 554 g/mol. The van der Waals surface area contributed by atoms with Crippen molar-refractivity contribution in [2.24, 2.45) is 17.8 Å². The summed E-state index contributed by atoms with van der Waals surface area (Å²) in [4.78, 5) is 38.6. The quantitative estimate of drug-likeness (QED) is 0.186. The van der Waals surface area contributed by atoms with Gasteiger partial charge in [0.25, 0.3) is 5.91 Å². The Balaban J connectivity index is 1.48. The van der Waals surface area contributed by atoms with Crippen LogP contribution in [-0.2, 0) is 16.1 Å². The van der Waals surface area contributed by atoms with E-state index < -0.39 is 11.7 Å². The van der Waals surface area contributed by atoms with Crippen molar-refractivity contribution in [3.8, 4) is 0 Å². The zero-order chi connectivity index (χ0) is 29.0. The average Bonchev–Trinajstić information content (AvgIpc) is 3.82. The lowest BCUT2D eigenvalue weighted by atomic mass is 9.88. The van der Waals surface area contributed by atoms with E-state index in [4.69, 9.17) is 0 Å². The van der Waals surface area contributed by atoms with Gasteiger partial charge in [0.1, 0.15) is 23.7 Å². The van der Waals surface area contributed by atoms with E-state index in [9.17, 15) is 18.8 Å². The minimum Gasteiger partial charge on any atom is -0.389 e. The van der Waals surface area contributed by atoms with Crippen molar-refractivity contribution in [3.05, 3.63) is 53.8 Å². The molecule has 40 heavy (non-hydrogen) atoms. The summed E-state index contributed by atoms with van der Waals surface area (Å²) in [5.74, 6) is 0.314. The third-order valence-electron chi connectivity index (χ3n) is 7.45. The number of rotatable bonds is 14. The number of nitrogens with zero attached hydrogens (tertiary/aromatic N) is 4. The molecule has 1 unspecified atom stereocenters. The van der Waals surface area contributed by atoms with Crippen LogP contribution in [0.4, 0.5) is 10.1 Å². The molecule has 0 aliphatic heterocycles. The van der Waals surface area contributed by atoms with Crippen LogP contribution in [0.2, 0.25) is 0 Å². The number of hydrogen-bond acceptors (Lipinski definition) is 6. The highest BCUT2D eigenvalue weighted by Crippen LogP contribution is 2.51. The largest absolute Gasteiger partial charge is 0.389 e. The van der Waals surface area contributed by atoms with Crippen molar-refractivity contribution in [1.29, 1.82) is 0 Å². The molecule has 2 fully saturated rings. The van der Waals surface area contributed by atoms with E-state index in [0.29, 0.717) is 40.8 Å². The van der Waals surface area contributed by atoms with Crippen LogP contribution in [0, 0.1) is 17.8 Å². The van der Waals surface area contributed by atoms with Gasteiger partial charge in [0.15, 0.2) is 0 Å². The summed E-state index contributed by atoms with van der Waals surface area (Å²) < 4.78 is 17.4. The highest BCUT2D eigenvalue weighted by Gasteiger charge is 2.48. The van der Waals surface area contributed by atoms with E-state index in [1.54, 1.807) is 36.3 Å². The van der Waals surface area contributed by atoms with Crippen LogP contribution in [0.15, 0.2) is 48.1 Å². The highest BCUT2D eigenvalue weighted by molar-refractivity contribution is 6.00. The Kier molecular flexibility index (Phi) is 8.90. The monoisotopic (exact) mass is 553 g/mol. The molecule has 1 atom stereocenters. The first-order valence-electron chi connectivity index (χ1n) is 13.9. The van der Waals surface area contributed by atoms with Crippen LogP contribution in [0.25, 0.3) is 0 Å². The summed E-state index contributed by atoms with van der Waals surface area (Å²) in [6.45, 7) is 6.90. The van der Waals surface area contributed by atoms with E-state index in [-0.39, 0.29) is 30.3 Å². The number of halogens is 1. The summed E-state index contributed by atoms with van der Waals surface area (Å²) in [7, 11) is 1.62. The number of alkyl halides is 1. The van der Waals surface area contributed by atoms with Gasteiger partial charge in [0, 0.05) is 36.8 Å². The van der Waals surface area contributed by atoms with Gasteiger partial charge >= 0.3 is 0 Å². The van der Waals surface area contributed by atoms with Gasteiger partial charge in [-0.05, 0) is 83.3 Å². The van der Waals surface area contributed by atoms with Crippen molar-refractivity contribution in [1.82, 2.24) is 30.2 Å². The van der Waals surface area contributed by atoms with Crippen LogP contribution in [0.3, 0.4) is 0 Å². The van der Waals surface area contributed by atoms with E-state index in [2.05, 4.69) is 26.1 Å². The molecule has 2 aliphatic rings. The van der Waals surface area contributed by atoms with Crippen LogP contribution >= 0.6 is 0 Å². The predicted molar refractivity (Wildman–Crippen MR) is 150 cm³/mol. The molecule has 2 saturated carbocycles. The van der Waals surface area contributed by atoms with E-state index in [1.165, 1.54) is 30.8 Å². The Hall–Kier alpha value is -3.76. The van der Waals surface area contributed by atoms with Gasteiger partial charge < -0.3 is 16.0 Å². The van der Waals surface area contributed by atoms with Crippen LogP contribution in [0.5, 0.6) is 0 Å². The van der Waals surface area contributed by atoms with Gasteiger partial charge in [-0.15, -0.1) is 0 Å². The van der Waals surface area contributed by atoms with Gasteiger partial charge in [-0.2, -0.15) is 10.2 Å². The number of nitrogens with one attached hydrogen (secondary N) is 3. The van der Waals surface area contributed by atoms with Gasteiger partial charge in [-0.3, -0.25) is 23.7 Å². The molecule has 3 N–H and O–H groups in total. The molecule has 0 saturated heterocycles. The summed E-state index contributed by atoms with van der Waals surface area (Å²) >= 11 is 0. The molecular weight excluding hydrogens is 513 g/mol. The lowest BCUT2D eigenvalue weighted by molar-refractivity contribution is -0.119. The number of anilines is 1. The van der Waals surface area contributed by atoms with Crippen LogP contribution < -0.4 is 16.0 Å². The molecule has 0 spiro atoms. The Morgan fingerprint density at radius 3 is 2.38 bits per heavy atom. The first-order chi connectivity index (χ1) is 19.0. The number of allylic oxidation sites excluding steroid dienone is 4. The second-order valence-corrected chi connectivity index (χ2v) is 11.5.